The molecular weight excluding hydrogens is 675 g/mol. The van der Waals surface area contributed by atoms with Gasteiger partial charge in [-0.2, -0.15) is 0 Å². The lowest BCUT2D eigenvalue weighted by molar-refractivity contribution is -0.123. The standard InChI is InChI=1S/C51H99NO3/c1-3-5-7-9-11-13-15-17-19-21-23-24-25-26-27-29-30-32-34-36-38-40-42-44-46-50(54)49(48-53)52-51(55)47-45-43-41-39-37-35-33-31-28-22-20-18-16-14-12-10-8-6-4-2/h18,20,44,46,49-50,53-54H,3-17,19,21-43,45,47-48H2,1-2H3,(H,52,55)/b20-18-,46-44+. The molecule has 0 aromatic carbocycles. The monoisotopic (exact) mass is 774 g/mol. The third-order valence-electron chi connectivity index (χ3n) is 11.7. The zero-order chi connectivity index (χ0) is 40.0. The average Bonchev–Trinajstić information content (AvgIpc) is 3.19. The van der Waals surface area contributed by atoms with Crippen molar-refractivity contribution in [3.8, 4) is 0 Å². The highest BCUT2D eigenvalue weighted by atomic mass is 16.3. The van der Waals surface area contributed by atoms with Gasteiger partial charge in [0, 0.05) is 6.42 Å². The number of amides is 1. The molecule has 3 N–H and O–H groups in total. The van der Waals surface area contributed by atoms with Gasteiger partial charge in [0.2, 0.25) is 5.91 Å². The number of allylic oxidation sites excluding steroid dienone is 3. The minimum atomic E-state index is -0.838. The zero-order valence-electron chi connectivity index (χ0n) is 37.5. The van der Waals surface area contributed by atoms with Gasteiger partial charge in [-0.05, 0) is 44.9 Å². The average molecular weight is 774 g/mol. The van der Waals surface area contributed by atoms with Gasteiger partial charge >= 0.3 is 0 Å². The molecule has 0 spiro atoms. The molecule has 0 radical (unpaired) electrons. The van der Waals surface area contributed by atoms with E-state index in [4.69, 9.17) is 0 Å². The summed E-state index contributed by atoms with van der Waals surface area (Å²) in [5.74, 6) is -0.0629. The Bertz CT molecular complexity index is 795. The molecule has 0 heterocycles. The van der Waals surface area contributed by atoms with E-state index in [1.165, 1.54) is 231 Å². The molecule has 0 aromatic rings. The normalized spacial score (nSPS) is 13.0. The molecule has 0 aromatic heterocycles. The zero-order valence-corrected chi connectivity index (χ0v) is 37.5. The first-order valence-corrected chi connectivity index (χ1v) is 25.1. The maximum absolute atomic E-state index is 12.4. The highest BCUT2D eigenvalue weighted by molar-refractivity contribution is 5.76. The van der Waals surface area contributed by atoms with E-state index in [0.717, 1.165) is 25.7 Å². The van der Waals surface area contributed by atoms with E-state index in [-0.39, 0.29) is 12.5 Å². The molecule has 0 aliphatic heterocycles. The Hall–Kier alpha value is -1.13. The first-order chi connectivity index (χ1) is 27.2. The fourth-order valence-electron chi connectivity index (χ4n) is 7.82. The SMILES string of the molecule is CCCCCCCC/C=C\CCCCCCCCCCCC(=O)NC(CO)C(O)/C=C/CCCCCCCCCCCCCCCCCCCCCCCC. The smallest absolute Gasteiger partial charge is 0.220 e. The molecule has 0 aliphatic rings. The van der Waals surface area contributed by atoms with Crippen LogP contribution in [-0.4, -0.2) is 34.9 Å². The Labute approximate surface area is 345 Å². The number of rotatable bonds is 46. The second-order valence-electron chi connectivity index (χ2n) is 17.2. The molecule has 2 unspecified atom stereocenters. The number of unbranched alkanes of at least 4 members (excludes halogenated alkanes) is 37. The molecule has 326 valence electrons. The quantitative estimate of drug-likeness (QED) is 0.0426. The van der Waals surface area contributed by atoms with E-state index in [1.807, 2.05) is 6.08 Å². The molecule has 4 nitrogen and oxygen atoms in total. The highest BCUT2D eigenvalue weighted by Crippen LogP contribution is 2.16. The van der Waals surface area contributed by atoms with Crippen LogP contribution >= 0.6 is 0 Å². The van der Waals surface area contributed by atoms with Gasteiger partial charge in [-0.1, -0.05) is 250 Å². The molecule has 0 saturated heterocycles. The summed E-state index contributed by atoms with van der Waals surface area (Å²) in [4.78, 5) is 12.4. The van der Waals surface area contributed by atoms with Crippen LogP contribution in [0, 0.1) is 0 Å². The second kappa shape index (κ2) is 47.2. The summed E-state index contributed by atoms with van der Waals surface area (Å²) in [5.41, 5.74) is 0. The molecular formula is C51H99NO3. The van der Waals surface area contributed by atoms with Gasteiger partial charge in [-0.15, -0.1) is 0 Å². The molecule has 0 fully saturated rings. The van der Waals surface area contributed by atoms with Crippen LogP contribution in [0.5, 0.6) is 0 Å². The predicted molar refractivity (Wildman–Crippen MR) is 244 cm³/mol. The Morgan fingerprint density at radius 3 is 1.00 bits per heavy atom. The second-order valence-corrected chi connectivity index (χ2v) is 17.2. The summed E-state index contributed by atoms with van der Waals surface area (Å²) in [6.07, 6.45) is 61.7. The summed E-state index contributed by atoms with van der Waals surface area (Å²) in [5, 5.41) is 23.1. The molecule has 0 rings (SSSR count). The van der Waals surface area contributed by atoms with Crippen molar-refractivity contribution in [2.75, 3.05) is 6.61 Å². The van der Waals surface area contributed by atoms with Crippen LogP contribution in [0.3, 0.4) is 0 Å². The van der Waals surface area contributed by atoms with Gasteiger partial charge < -0.3 is 15.5 Å². The van der Waals surface area contributed by atoms with Gasteiger partial charge in [-0.25, -0.2) is 0 Å². The van der Waals surface area contributed by atoms with E-state index in [0.29, 0.717) is 6.42 Å². The molecule has 4 heteroatoms. The molecule has 0 bridgehead atoms. The van der Waals surface area contributed by atoms with Crippen molar-refractivity contribution in [1.82, 2.24) is 5.32 Å². The number of carbonyl (C=O) groups excluding carboxylic acids is 1. The number of hydrogen-bond donors (Lipinski definition) is 3. The van der Waals surface area contributed by atoms with Crippen molar-refractivity contribution in [2.45, 2.75) is 289 Å². The molecule has 0 saturated carbocycles. The first-order valence-electron chi connectivity index (χ1n) is 25.1. The summed E-state index contributed by atoms with van der Waals surface area (Å²) in [6.45, 7) is 4.33. The Morgan fingerprint density at radius 1 is 0.418 bits per heavy atom. The Kier molecular flexibility index (Phi) is 46.3. The van der Waals surface area contributed by atoms with Crippen LogP contribution in [0.25, 0.3) is 0 Å². The third kappa shape index (κ3) is 43.8. The van der Waals surface area contributed by atoms with Crippen molar-refractivity contribution in [3.63, 3.8) is 0 Å². The predicted octanol–water partition coefficient (Wildman–Crippen LogP) is 16.0. The van der Waals surface area contributed by atoms with Gasteiger partial charge in [0.05, 0.1) is 18.8 Å². The van der Waals surface area contributed by atoms with E-state index < -0.39 is 12.1 Å². The maximum Gasteiger partial charge on any atom is 0.220 e. The van der Waals surface area contributed by atoms with E-state index in [2.05, 4.69) is 31.3 Å². The lowest BCUT2D eigenvalue weighted by atomic mass is 10.0. The molecule has 0 aliphatic carbocycles. The lowest BCUT2D eigenvalue weighted by Gasteiger charge is -2.20. The number of aliphatic hydroxyl groups excluding tert-OH is 2. The van der Waals surface area contributed by atoms with Crippen LogP contribution in [0.1, 0.15) is 277 Å². The fourth-order valence-corrected chi connectivity index (χ4v) is 7.82. The van der Waals surface area contributed by atoms with Crippen molar-refractivity contribution in [1.29, 1.82) is 0 Å². The molecule has 2 atom stereocenters. The van der Waals surface area contributed by atoms with Gasteiger partial charge in [-0.3, -0.25) is 4.79 Å². The number of nitrogens with one attached hydrogen (secondary N) is 1. The van der Waals surface area contributed by atoms with E-state index in [1.54, 1.807) is 6.08 Å². The lowest BCUT2D eigenvalue weighted by Crippen LogP contribution is -2.45. The third-order valence-corrected chi connectivity index (χ3v) is 11.7. The molecule has 1 amide bonds. The van der Waals surface area contributed by atoms with Crippen LogP contribution in [0.2, 0.25) is 0 Å². The van der Waals surface area contributed by atoms with Crippen molar-refractivity contribution in [2.24, 2.45) is 0 Å². The fraction of sp³-hybridized carbons (Fsp3) is 0.902. The minimum absolute atomic E-state index is 0.0629. The van der Waals surface area contributed by atoms with Crippen molar-refractivity contribution in [3.05, 3.63) is 24.3 Å². The van der Waals surface area contributed by atoms with Crippen LogP contribution in [-0.2, 0) is 4.79 Å². The van der Waals surface area contributed by atoms with Gasteiger partial charge in [0.1, 0.15) is 0 Å². The Balaban J connectivity index is 3.50. The van der Waals surface area contributed by atoms with Gasteiger partial charge in [0.15, 0.2) is 0 Å². The van der Waals surface area contributed by atoms with Crippen LogP contribution in [0.15, 0.2) is 24.3 Å². The summed E-state index contributed by atoms with van der Waals surface area (Å²) < 4.78 is 0. The maximum atomic E-state index is 12.4. The largest absolute Gasteiger partial charge is 0.394 e. The number of aliphatic hydroxyl groups is 2. The summed E-state index contributed by atoms with van der Waals surface area (Å²) in [7, 11) is 0. The minimum Gasteiger partial charge on any atom is -0.394 e. The topological polar surface area (TPSA) is 69.6 Å². The number of carbonyl (C=O) groups is 1. The van der Waals surface area contributed by atoms with Crippen LogP contribution in [0.4, 0.5) is 0 Å². The number of hydrogen-bond acceptors (Lipinski definition) is 3. The Morgan fingerprint density at radius 2 is 0.691 bits per heavy atom. The van der Waals surface area contributed by atoms with Crippen molar-refractivity contribution < 1.29 is 15.0 Å². The molecule has 55 heavy (non-hydrogen) atoms. The van der Waals surface area contributed by atoms with E-state index in [9.17, 15) is 15.0 Å². The van der Waals surface area contributed by atoms with Gasteiger partial charge in [0.25, 0.3) is 0 Å². The van der Waals surface area contributed by atoms with Crippen LogP contribution < -0.4 is 5.32 Å². The van der Waals surface area contributed by atoms with Crippen molar-refractivity contribution >= 4 is 5.91 Å². The summed E-state index contributed by atoms with van der Waals surface area (Å²) >= 11 is 0. The highest BCUT2D eigenvalue weighted by Gasteiger charge is 2.18. The van der Waals surface area contributed by atoms with E-state index >= 15 is 0 Å². The summed E-state index contributed by atoms with van der Waals surface area (Å²) in [6, 6.07) is -0.621. The first kappa shape index (κ1) is 53.9.